The number of rotatable bonds is 9. The van der Waals surface area contributed by atoms with E-state index in [1.54, 1.807) is 6.07 Å². The summed E-state index contributed by atoms with van der Waals surface area (Å²) in [5.74, 6) is -0.360. The predicted molar refractivity (Wildman–Crippen MR) is 104 cm³/mol. The standard InChI is InChI=1S/C19H26N4O3S/c1-4-22(2)14-17-8-5-7-16(11-17)12-21-19(24)15-23(3)27(25,26)18-9-6-10-20-13-18/h5-11,13H,4,12,14-15H2,1-3H3,(H,21,24). The second kappa shape index (κ2) is 9.59. The van der Waals surface area contributed by atoms with Crippen molar-refractivity contribution in [1.29, 1.82) is 0 Å². The second-order valence-corrected chi connectivity index (χ2v) is 8.42. The van der Waals surface area contributed by atoms with E-state index in [9.17, 15) is 13.2 Å². The van der Waals surface area contributed by atoms with Crippen LogP contribution in [-0.2, 0) is 27.9 Å². The fourth-order valence-corrected chi connectivity index (χ4v) is 3.58. The predicted octanol–water partition coefficient (Wildman–Crippen LogP) is 1.47. The van der Waals surface area contributed by atoms with Gasteiger partial charge in [-0.25, -0.2) is 8.42 Å². The van der Waals surface area contributed by atoms with Crippen LogP contribution >= 0.6 is 0 Å². The van der Waals surface area contributed by atoms with E-state index in [-0.39, 0.29) is 17.3 Å². The van der Waals surface area contributed by atoms with E-state index in [0.717, 1.165) is 23.0 Å². The summed E-state index contributed by atoms with van der Waals surface area (Å²) >= 11 is 0. The van der Waals surface area contributed by atoms with Crippen LogP contribution in [0.25, 0.3) is 0 Å². The molecule has 0 aliphatic heterocycles. The average molecular weight is 391 g/mol. The molecule has 27 heavy (non-hydrogen) atoms. The van der Waals surface area contributed by atoms with Crippen molar-refractivity contribution in [3.63, 3.8) is 0 Å². The van der Waals surface area contributed by atoms with Gasteiger partial charge < -0.3 is 10.2 Å². The van der Waals surface area contributed by atoms with E-state index in [2.05, 4.69) is 22.1 Å². The molecule has 1 amide bonds. The molecule has 1 aromatic carbocycles. The molecule has 0 atom stereocenters. The van der Waals surface area contributed by atoms with Gasteiger partial charge in [0.15, 0.2) is 0 Å². The van der Waals surface area contributed by atoms with E-state index < -0.39 is 10.0 Å². The Kier molecular flexibility index (Phi) is 7.46. The quantitative estimate of drug-likeness (QED) is 0.701. The lowest BCUT2D eigenvalue weighted by Gasteiger charge is -2.17. The minimum absolute atomic E-state index is 0.0630. The molecule has 0 aliphatic rings. The first-order valence-corrected chi connectivity index (χ1v) is 10.2. The highest BCUT2D eigenvalue weighted by Gasteiger charge is 2.22. The van der Waals surface area contributed by atoms with Crippen LogP contribution in [0, 0.1) is 0 Å². The van der Waals surface area contributed by atoms with E-state index in [4.69, 9.17) is 0 Å². The summed E-state index contributed by atoms with van der Waals surface area (Å²) < 4.78 is 25.9. The first-order valence-electron chi connectivity index (χ1n) is 8.72. The lowest BCUT2D eigenvalue weighted by molar-refractivity contribution is -0.121. The van der Waals surface area contributed by atoms with Gasteiger partial charge >= 0.3 is 0 Å². The number of benzene rings is 1. The van der Waals surface area contributed by atoms with Crippen molar-refractivity contribution >= 4 is 15.9 Å². The number of hydrogen-bond donors (Lipinski definition) is 1. The molecule has 0 aliphatic carbocycles. The minimum Gasteiger partial charge on any atom is -0.351 e. The molecule has 0 spiro atoms. The molecule has 0 unspecified atom stereocenters. The number of nitrogens with zero attached hydrogens (tertiary/aromatic N) is 3. The Balaban J connectivity index is 1.92. The molecule has 0 bridgehead atoms. The number of aromatic nitrogens is 1. The zero-order chi connectivity index (χ0) is 19.9. The summed E-state index contributed by atoms with van der Waals surface area (Å²) in [4.78, 5) is 18.2. The van der Waals surface area contributed by atoms with Crippen LogP contribution in [0.1, 0.15) is 18.1 Å². The molecule has 146 valence electrons. The third-order valence-corrected chi connectivity index (χ3v) is 5.97. The molecular formula is C19H26N4O3S. The molecule has 7 nitrogen and oxygen atoms in total. The zero-order valence-corrected chi connectivity index (χ0v) is 16.7. The highest BCUT2D eigenvalue weighted by atomic mass is 32.2. The van der Waals surface area contributed by atoms with Gasteiger partial charge in [0.25, 0.3) is 0 Å². The number of amides is 1. The Morgan fingerprint density at radius 2 is 1.89 bits per heavy atom. The van der Waals surface area contributed by atoms with E-state index in [1.165, 1.54) is 31.1 Å². The first-order chi connectivity index (χ1) is 12.8. The van der Waals surface area contributed by atoms with Gasteiger partial charge in [-0.05, 0) is 36.9 Å². The minimum atomic E-state index is -3.74. The normalized spacial score (nSPS) is 11.7. The van der Waals surface area contributed by atoms with Crippen LogP contribution < -0.4 is 5.32 Å². The molecule has 0 saturated heterocycles. The van der Waals surface area contributed by atoms with Crippen LogP contribution in [-0.4, -0.2) is 55.7 Å². The third kappa shape index (κ3) is 6.13. The van der Waals surface area contributed by atoms with E-state index >= 15 is 0 Å². The summed E-state index contributed by atoms with van der Waals surface area (Å²) in [6, 6.07) is 11.0. The SMILES string of the molecule is CCN(C)Cc1cccc(CNC(=O)CN(C)S(=O)(=O)c2cccnc2)c1. The summed E-state index contributed by atoms with van der Waals surface area (Å²) in [6.07, 6.45) is 2.76. The number of pyridine rings is 1. The molecule has 1 N–H and O–H groups in total. The topological polar surface area (TPSA) is 82.6 Å². The van der Waals surface area contributed by atoms with Crippen molar-refractivity contribution in [3.05, 3.63) is 59.9 Å². The lowest BCUT2D eigenvalue weighted by atomic mass is 10.1. The Morgan fingerprint density at radius 3 is 2.56 bits per heavy atom. The third-order valence-electron chi connectivity index (χ3n) is 4.18. The van der Waals surface area contributed by atoms with Crippen LogP contribution in [0.3, 0.4) is 0 Å². The van der Waals surface area contributed by atoms with Gasteiger partial charge in [-0.1, -0.05) is 31.2 Å². The van der Waals surface area contributed by atoms with Crippen LogP contribution in [0.2, 0.25) is 0 Å². The zero-order valence-electron chi connectivity index (χ0n) is 15.9. The highest BCUT2D eigenvalue weighted by molar-refractivity contribution is 7.89. The van der Waals surface area contributed by atoms with Crippen LogP contribution in [0.5, 0.6) is 0 Å². The van der Waals surface area contributed by atoms with Gasteiger partial charge in [-0.2, -0.15) is 4.31 Å². The van der Waals surface area contributed by atoms with Gasteiger partial charge in [-0.3, -0.25) is 9.78 Å². The van der Waals surface area contributed by atoms with Crippen molar-refractivity contribution in [1.82, 2.24) is 19.5 Å². The first kappa shape index (κ1) is 21.0. The van der Waals surface area contributed by atoms with Gasteiger partial charge in [0.1, 0.15) is 4.90 Å². The van der Waals surface area contributed by atoms with Crippen molar-refractivity contribution in [2.24, 2.45) is 0 Å². The Morgan fingerprint density at radius 1 is 1.15 bits per heavy atom. The molecule has 2 aromatic rings. The van der Waals surface area contributed by atoms with Gasteiger partial charge in [0.2, 0.25) is 15.9 Å². The monoisotopic (exact) mass is 390 g/mol. The number of likely N-dealkylation sites (N-methyl/N-ethyl adjacent to an activating group) is 1. The second-order valence-electron chi connectivity index (χ2n) is 6.38. The molecular weight excluding hydrogens is 364 g/mol. The fraction of sp³-hybridized carbons (Fsp3) is 0.368. The Hall–Kier alpha value is -2.29. The van der Waals surface area contributed by atoms with Gasteiger partial charge in [0, 0.05) is 32.5 Å². The number of carbonyl (C=O) groups is 1. The molecule has 0 saturated carbocycles. The van der Waals surface area contributed by atoms with Crippen LogP contribution in [0.4, 0.5) is 0 Å². The van der Waals surface area contributed by atoms with E-state index in [1.807, 2.05) is 31.3 Å². The number of sulfonamides is 1. The number of hydrogen-bond acceptors (Lipinski definition) is 5. The number of nitrogens with one attached hydrogen (secondary N) is 1. The van der Waals surface area contributed by atoms with Gasteiger partial charge in [-0.15, -0.1) is 0 Å². The maximum absolute atomic E-state index is 12.4. The largest absolute Gasteiger partial charge is 0.351 e. The summed E-state index contributed by atoms with van der Waals surface area (Å²) in [5, 5.41) is 2.77. The average Bonchev–Trinajstić information content (AvgIpc) is 2.67. The lowest BCUT2D eigenvalue weighted by Crippen LogP contribution is -2.38. The Labute approximate surface area is 161 Å². The summed E-state index contributed by atoms with van der Waals surface area (Å²) in [6.45, 7) is 3.99. The maximum Gasteiger partial charge on any atom is 0.244 e. The molecule has 8 heteroatoms. The summed E-state index contributed by atoms with van der Waals surface area (Å²) in [5.41, 5.74) is 2.14. The van der Waals surface area contributed by atoms with Crippen molar-refractivity contribution in [2.45, 2.75) is 24.9 Å². The Bertz CT molecular complexity index is 856. The number of carbonyl (C=O) groups excluding carboxylic acids is 1. The maximum atomic E-state index is 12.4. The molecule has 0 radical (unpaired) electrons. The fourth-order valence-electron chi connectivity index (χ4n) is 2.48. The molecule has 1 aromatic heterocycles. The van der Waals surface area contributed by atoms with E-state index in [0.29, 0.717) is 6.54 Å². The highest BCUT2D eigenvalue weighted by Crippen LogP contribution is 2.12. The molecule has 2 rings (SSSR count). The van der Waals surface area contributed by atoms with Crippen molar-refractivity contribution in [2.75, 3.05) is 27.2 Å². The smallest absolute Gasteiger partial charge is 0.244 e. The summed E-state index contributed by atoms with van der Waals surface area (Å²) in [7, 11) is -0.309. The van der Waals surface area contributed by atoms with Crippen molar-refractivity contribution < 1.29 is 13.2 Å². The van der Waals surface area contributed by atoms with Crippen molar-refractivity contribution in [3.8, 4) is 0 Å². The van der Waals surface area contributed by atoms with Gasteiger partial charge in [0.05, 0.1) is 6.54 Å². The van der Waals surface area contributed by atoms with Crippen LogP contribution in [0.15, 0.2) is 53.7 Å². The molecule has 0 fully saturated rings. The molecule has 1 heterocycles.